The largest absolute Gasteiger partial charge is 0.465 e. The van der Waals surface area contributed by atoms with E-state index < -0.39 is 32.7 Å². The molecule has 1 aromatic carbocycles. The second kappa shape index (κ2) is 17.3. The Morgan fingerprint density at radius 2 is 1.86 bits per heavy atom. The lowest BCUT2D eigenvalue weighted by Gasteiger charge is -2.45. The Morgan fingerprint density at radius 3 is 2.55 bits per heavy atom. The maximum absolute atomic E-state index is 12.8. The maximum Gasteiger partial charge on any atom is 0.415 e. The Bertz CT molecular complexity index is 1600. The van der Waals surface area contributed by atoms with Crippen molar-refractivity contribution in [3.05, 3.63) is 72.5 Å². The third-order valence-electron chi connectivity index (χ3n) is 9.54. The predicted molar refractivity (Wildman–Crippen MR) is 181 cm³/mol. The highest BCUT2D eigenvalue weighted by molar-refractivity contribution is 7.91. The van der Waals surface area contributed by atoms with Crippen LogP contribution < -0.4 is 9.64 Å². The number of esters is 2. The van der Waals surface area contributed by atoms with Crippen LogP contribution in [0.15, 0.2) is 81.8 Å². The minimum atomic E-state index is -4.27. The molecule has 4 atom stereocenters. The van der Waals surface area contributed by atoms with E-state index >= 15 is 0 Å². The molecule has 4 rings (SSSR count). The Hall–Kier alpha value is -3.68. The van der Waals surface area contributed by atoms with Gasteiger partial charge in [-0.2, -0.15) is 0 Å². The van der Waals surface area contributed by atoms with Gasteiger partial charge in [-0.1, -0.05) is 55.5 Å². The SMILES string of the molecule is C=C[C@]1(C)CC[C@@H](C(=C)CN2CCCC(COC(=O)CCC(=O)OCCOc3no[n+]([O-])c3S(=O)(=O)c3ccccc3)C2)C[C@H]1C(=C)CCl. The minimum absolute atomic E-state index is 0.00395. The van der Waals surface area contributed by atoms with Crippen molar-refractivity contribution in [1.29, 1.82) is 0 Å². The van der Waals surface area contributed by atoms with Crippen LogP contribution >= 0.6 is 11.6 Å². The zero-order valence-electron chi connectivity index (χ0n) is 28.0. The zero-order chi connectivity index (χ0) is 35.6. The normalized spacial score (nSPS) is 22.9. The lowest BCUT2D eigenvalue weighted by Crippen LogP contribution is -2.40. The Kier molecular flexibility index (Phi) is 13.5. The smallest absolute Gasteiger partial charge is 0.415 e. The number of benzene rings is 1. The summed E-state index contributed by atoms with van der Waals surface area (Å²) in [5.74, 6) is -0.410. The molecule has 0 N–H and O–H groups in total. The molecule has 12 nitrogen and oxygen atoms in total. The van der Waals surface area contributed by atoms with E-state index in [2.05, 4.69) is 47.4 Å². The van der Waals surface area contributed by atoms with Crippen LogP contribution in [0.2, 0.25) is 0 Å². The van der Waals surface area contributed by atoms with Crippen LogP contribution in [0.5, 0.6) is 5.88 Å². The van der Waals surface area contributed by atoms with Gasteiger partial charge in [-0.3, -0.25) is 19.1 Å². The summed E-state index contributed by atoms with van der Waals surface area (Å²) < 4.78 is 45.9. The van der Waals surface area contributed by atoms with E-state index in [4.69, 9.17) is 25.8 Å². The van der Waals surface area contributed by atoms with Crippen LogP contribution in [-0.2, 0) is 28.9 Å². The number of carbonyl (C=O) groups is 2. The molecule has 1 saturated carbocycles. The third-order valence-corrected chi connectivity index (χ3v) is 11.6. The predicted octanol–water partition coefficient (Wildman–Crippen LogP) is 5.06. The molecule has 14 heteroatoms. The molecule has 49 heavy (non-hydrogen) atoms. The van der Waals surface area contributed by atoms with E-state index in [0.717, 1.165) is 57.3 Å². The first-order valence-corrected chi connectivity index (χ1v) is 18.5. The quantitative estimate of drug-likeness (QED) is 0.0709. The van der Waals surface area contributed by atoms with Gasteiger partial charge in [0, 0.05) is 24.9 Å². The number of carbonyl (C=O) groups excluding carboxylic acids is 2. The van der Waals surface area contributed by atoms with Gasteiger partial charge >= 0.3 is 22.8 Å². The first-order valence-electron chi connectivity index (χ1n) is 16.5. The summed E-state index contributed by atoms with van der Waals surface area (Å²) in [6.45, 7) is 17.3. The van der Waals surface area contributed by atoms with Crippen molar-refractivity contribution in [3.63, 3.8) is 0 Å². The van der Waals surface area contributed by atoms with Gasteiger partial charge in [0.05, 0.1) is 29.5 Å². The monoisotopic (exact) mass is 719 g/mol. The van der Waals surface area contributed by atoms with E-state index in [0.29, 0.717) is 11.8 Å². The highest BCUT2D eigenvalue weighted by atomic mass is 35.5. The summed E-state index contributed by atoms with van der Waals surface area (Å²) in [6.07, 6.45) is 6.70. The van der Waals surface area contributed by atoms with Gasteiger partial charge in [0.1, 0.15) is 13.2 Å². The molecule has 2 aromatic rings. The van der Waals surface area contributed by atoms with Crippen molar-refractivity contribution in [2.24, 2.45) is 23.2 Å². The number of alkyl halides is 1. The number of aromatic nitrogens is 2. The first kappa shape index (κ1) is 38.1. The van der Waals surface area contributed by atoms with Crippen LogP contribution in [0.4, 0.5) is 0 Å². The summed E-state index contributed by atoms with van der Waals surface area (Å²) in [5.41, 5.74) is 2.27. The van der Waals surface area contributed by atoms with Crippen LogP contribution in [-0.4, -0.2) is 75.7 Å². The second-order valence-electron chi connectivity index (χ2n) is 13.0. The molecular weight excluding hydrogens is 674 g/mol. The number of rotatable bonds is 17. The summed E-state index contributed by atoms with van der Waals surface area (Å²) >= 11 is 6.18. The lowest BCUT2D eigenvalue weighted by atomic mass is 9.61. The summed E-state index contributed by atoms with van der Waals surface area (Å²) in [6, 6.07) is 7.26. The number of sulfone groups is 1. The molecule has 0 spiro atoms. The average molecular weight is 720 g/mol. The standard InChI is InChI=1S/C35H46ClN3O9S/c1-5-35(4)16-15-28(20-30(35)25(2)21-36)26(3)22-38-17-9-10-27(23-38)24-47-32(41)14-13-31(40)45-18-19-46-33-34(39(42)48-37-33)49(43,44)29-11-7-6-8-12-29/h5-8,11-12,27-28,30H,1-3,9-10,13-24H2,4H3/t27?,28-,30+,35-/m1/s1. The molecule has 1 unspecified atom stereocenters. The minimum Gasteiger partial charge on any atom is -0.465 e. The molecular formula is C35H46ClN3O9S. The van der Waals surface area contributed by atoms with Crippen molar-refractivity contribution in [3.8, 4) is 5.88 Å². The molecule has 2 heterocycles. The van der Waals surface area contributed by atoms with E-state index in [-0.39, 0.29) is 59.7 Å². The van der Waals surface area contributed by atoms with Gasteiger partial charge < -0.3 is 19.4 Å². The fourth-order valence-corrected chi connectivity index (χ4v) is 8.09. The van der Waals surface area contributed by atoms with Crippen LogP contribution in [0.25, 0.3) is 0 Å². The van der Waals surface area contributed by atoms with Crippen molar-refractivity contribution in [1.82, 2.24) is 10.1 Å². The molecule has 2 fully saturated rings. The van der Waals surface area contributed by atoms with E-state index in [1.165, 1.54) is 29.8 Å². The van der Waals surface area contributed by atoms with Gasteiger partial charge in [-0.05, 0) is 72.9 Å². The van der Waals surface area contributed by atoms with Crippen LogP contribution in [0, 0.1) is 28.4 Å². The zero-order valence-corrected chi connectivity index (χ0v) is 29.6. The molecule has 0 amide bonds. The maximum atomic E-state index is 12.8. The number of ether oxygens (including phenoxy) is 3. The second-order valence-corrected chi connectivity index (χ2v) is 15.2. The van der Waals surface area contributed by atoms with Crippen LogP contribution in [0.1, 0.15) is 51.9 Å². The van der Waals surface area contributed by atoms with Crippen molar-refractivity contribution in [2.75, 3.05) is 45.3 Å². The van der Waals surface area contributed by atoms with Crippen molar-refractivity contribution >= 4 is 33.4 Å². The number of nitrogens with zero attached hydrogens (tertiary/aromatic N) is 3. The van der Waals surface area contributed by atoms with E-state index in [1.54, 1.807) is 6.07 Å². The molecule has 1 aromatic heterocycles. The van der Waals surface area contributed by atoms with Crippen molar-refractivity contribution in [2.45, 2.75) is 61.8 Å². The topological polar surface area (TPSA) is 152 Å². The fourth-order valence-electron chi connectivity index (χ4n) is 6.61. The highest BCUT2D eigenvalue weighted by Crippen LogP contribution is 2.49. The molecule has 0 radical (unpaired) electrons. The van der Waals surface area contributed by atoms with Gasteiger partial charge in [0.25, 0.3) is 9.84 Å². The van der Waals surface area contributed by atoms with Gasteiger partial charge in [0.2, 0.25) is 0 Å². The number of halogens is 1. The molecule has 2 aliphatic rings. The van der Waals surface area contributed by atoms with Gasteiger partial charge in [-0.25, -0.2) is 8.42 Å². The number of piperidine rings is 1. The van der Waals surface area contributed by atoms with Gasteiger partial charge in [-0.15, -0.1) is 18.2 Å². The van der Waals surface area contributed by atoms with E-state index in [9.17, 15) is 23.2 Å². The molecule has 1 aliphatic heterocycles. The Morgan fingerprint density at radius 1 is 1.14 bits per heavy atom. The molecule has 268 valence electrons. The summed E-state index contributed by atoms with van der Waals surface area (Å²) in [5, 5.41) is 14.5. The van der Waals surface area contributed by atoms with E-state index in [1.807, 2.05) is 0 Å². The van der Waals surface area contributed by atoms with Gasteiger partial charge in [0.15, 0.2) is 0 Å². The summed E-state index contributed by atoms with van der Waals surface area (Å²) in [4.78, 5) is 26.6. The number of hydrogen-bond donors (Lipinski definition) is 0. The third kappa shape index (κ3) is 9.95. The molecule has 1 aliphatic carbocycles. The number of likely N-dealkylation sites (tertiary alicyclic amines) is 1. The summed E-state index contributed by atoms with van der Waals surface area (Å²) in [7, 11) is -4.27. The average Bonchev–Trinajstić information content (AvgIpc) is 3.49. The number of allylic oxidation sites excluding steroid dienone is 2. The highest BCUT2D eigenvalue weighted by Gasteiger charge is 2.40. The van der Waals surface area contributed by atoms with Crippen molar-refractivity contribution < 1.29 is 41.7 Å². The number of hydrogen-bond acceptors (Lipinski definition) is 11. The molecule has 0 bridgehead atoms. The first-order chi connectivity index (χ1) is 23.4. The molecule has 1 saturated heterocycles. The fraction of sp³-hybridized carbons (Fsp3) is 0.543. The lowest BCUT2D eigenvalue weighted by molar-refractivity contribution is -0.832. The Balaban J connectivity index is 1.14. The van der Waals surface area contributed by atoms with Crippen LogP contribution in [0.3, 0.4) is 0 Å². The Labute approximate surface area is 293 Å².